The molecule has 1 heterocycles. The first-order chi connectivity index (χ1) is 6.69. The van der Waals surface area contributed by atoms with Gasteiger partial charge in [-0.1, -0.05) is 0 Å². The fourth-order valence-electron chi connectivity index (χ4n) is 1.20. The van der Waals surface area contributed by atoms with E-state index in [1.165, 1.54) is 4.90 Å². The summed E-state index contributed by atoms with van der Waals surface area (Å²) >= 11 is 0. The zero-order chi connectivity index (χ0) is 10.6. The minimum Gasteiger partial charge on any atom is -0.463 e. The average Bonchev–Trinajstić information content (AvgIpc) is 2.49. The highest BCUT2D eigenvalue weighted by Crippen LogP contribution is 2.11. The predicted molar refractivity (Wildman–Crippen MR) is 47.5 cm³/mol. The molecule has 1 aliphatic heterocycles. The van der Waals surface area contributed by atoms with Crippen molar-refractivity contribution >= 4 is 12.1 Å². The molecule has 1 aliphatic rings. The largest absolute Gasteiger partial charge is 0.463 e. The van der Waals surface area contributed by atoms with Gasteiger partial charge in [0, 0.05) is 13.1 Å². The van der Waals surface area contributed by atoms with Gasteiger partial charge in [0.25, 0.3) is 0 Å². The third kappa shape index (κ3) is 2.35. The average molecular weight is 202 g/mol. The normalized spacial score (nSPS) is 20.9. The number of esters is 1. The van der Waals surface area contributed by atoms with E-state index in [-0.39, 0.29) is 13.2 Å². The topological polar surface area (TPSA) is 81.9 Å². The number of rotatable bonds is 4. The van der Waals surface area contributed by atoms with E-state index in [4.69, 9.17) is 15.2 Å². The Kier molecular flexibility index (Phi) is 3.70. The van der Waals surface area contributed by atoms with Crippen molar-refractivity contribution in [3.8, 4) is 0 Å². The van der Waals surface area contributed by atoms with Crippen LogP contribution in [-0.2, 0) is 14.3 Å². The van der Waals surface area contributed by atoms with E-state index < -0.39 is 18.2 Å². The molecule has 2 N–H and O–H groups in total. The van der Waals surface area contributed by atoms with Crippen LogP contribution in [0.3, 0.4) is 0 Å². The van der Waals surface area contributed by atoms with Crippen molar-refractivity contribution in [2.24, 2.45) is 5.73 Å². The number of cyclic esters (lactones) is 1. The Balaban J connectivity index is 2.45. The Hall–Kier alpha value is -1.30. The third-order valence-corrected chi connectivity index (χ3v) is 1.84. The Bertz CT molecular complexity index is 231. The molecule has 0 spiro atoms. The van der Waals surface area contributed by atoms with Crippen molar-refractivity contribution < 1.29 is 19.1 Å². The molecule has 14 heavy (non-hydrogen) atoms. The van der Waals surface area contributed by atoms with Crippen LogP contribution >= 0.6 is 0 Å². The zero-order valence-corrected chi connectivity index (χ0v) is 8.06. The lowest BCUT2D eigenvalue weighted by Crippen LogP contribution is -2.32. The monoisotopic (exact) mass is 202 g/mol. The SMILES string of the molecule is CCOC(=O)C1CN(CCN)C(=O)O1. The van der Waals surface area contributed by atoms with Gasteiger partial charge < -0.3 is 20.1 Å². The number of amides is 1. The van der Waals surface area contributed by atoms with Gasteiger partial charge in [0.05, 0.1) is 13.2 Å². The Morgan fingerprint density at radius 1 is 1.79 bits per heavy atom. The Morgan fingerprint density at radius 3 is 3.07 bits per heavy atom. The van der Waals surface area contributed by atoms with E-state index in [0.717, 1.165) is 0 Å². The van der Waals surface area contributed by atoms with Crippen molar-refractivity contribution in [2.45, 2.75) is 13.0 Å². The molecule has 0 aliphatic carbocycles. The van der Waals surface area contributed by atoms with Gasteiger partial charge >= 0.3 is 12.1 Å². The van der Waals surface area contributed by atoms with Gasteiger partial charge in [-0.05, 0) is 6.92 Å². The summed E-state index contributed by atoms with van der Waals surface area (Å²) in [5, 5.41) is 0. The van der Waals surface area contributed by atoms with Gasteiger partial charge in [-0.3, -0.25) is 0 Å². The van der Waals surface area contributed by atoms with Crippen molar-refractivity contribution in [2.75, 3.05) is 26.2 Å². The molecule has 0 saturated carbocycles. The van der Waals surface area contributed by atoms with Crippen LogP contribution < -0.4 is 5.73 Å². The maximum atomic E-state index is 11.2. The lowest BCUT2D eigenvalue weighted by atomic mass is 10.3. The molecule has 1 unspecified atom stereocenters. The first-order valence-corrected chi connectivity index (χ1v) is 4.51. The van der Waals surface area contributed by atoms with Crippen LogP contribution in [0.2, 0.25) is 0 Å². The molecular formula is C8H14N2O4. The maximum absolute atomic E-state index is 11.2. The van der Waals surface area contributed by atoms with E-state index in [1.54, 1.807) is 6.92 Å². The van der Waals surface area contributed by atoms with Crippen molar-refractivity contribution in [1.29, 1.82) is 0 Å². The first-order valence-electron chi connectivity index (χ1n) is 4.51. The molecular weight excluding hydrogens is 188 g/mol. The summed E-state index contributed by atoms with van der Waals surface area (Å²) in [7, 11) is 0. The van der Waals surface area contributed by atoms with Crippen LogP contribution in [0.4, 0.5) is 4.79 Å². The number of hydrogen-bond donors (Lipinski definition) is 1. The van der Waals surface area contributed by atoms with Gasteiger partial charge in [0.1, 0.15) is 0 Å². The summed E-state index contributed by atoms with van der Waals surface area (Å²) in [6, 6.07) is 0. The van der Waals surface area contributed by atoms with Crippen molar-refractivity contribution in [1.82, 2.24) is 4.90 Å². The second-order valence-corrected chi connectivity index (χ2v) is 2.86. The number of ether oxygens (including phenoxy) is 2. The highest BCUT2D eigenvalue weighted by atomic mass is 16.6. The Labute approximate surface area is 81.9 Å². The molecule has 0 radical (unpaired) electrons. The molecule has 1 atom stereocenters. The van der Waals surface area contributed by atoms with E-state index in [0.29, 0.717) is 13.1 Å². The van der Waals surface area contributed by atoms with Crippen LogP contribution in [0, 0.1) is 0 Å². The molecule has 0 aromatic heterocycles. The second kappa shape index (κ2) is 4.80. The van der Waals surface area contributed by atoms with Gasteiger partial charge in [0.2, 0.25) is 6.10 Å². The van der Waals surface area contributed by atoms with E-state index >= 15 is 0 Å². The number of hydrogen-bond acceptors (Lipinski definition) is 5. The van der Waals surface area contributed by atoms with E-state index in [2.05, 4.69) is 0 Å². The second-order valence-electron chi connectivity index (χ2n) is 2.86. The molecule has 6 nitrogen and oxygen atoms in total. The lowest BCUT2D eigenvalue weighted by Gasteiger charge is -2.09. The van der Waals surface area contributed by atoms with Gasteiger partial charge in [-0.2, -0.15) is 0 Å². The first kappa shape index (κ1) is 10.8. The molecule has 1 amide bonds. The molecule has 1 saturated heterocycles. The zero-order valence-electron chi connectivity index (χ0n) is 8.06. The summed E-state index contributed by atoms with van der Waals surface area (Å²) in [6.45, 7) is 2.96. The van der Waals surface area contributed by atoms with E-state index in [9.17, 15) is 9.59 Å². The molecule has 0 bridgehead atoms. The highest BCUT2D eigenvalue weighted by molar-refractivity contribution is 5.82. The third-order valence-electron chi connectivity index (χ3n) is 1.84. The summed E-state index contributed by atoms with van der Waals surface area (Å²) in [6.07, 6.45) is -1.30. The fraction of sp³-hybridized carbons (Fsp3) is 0.750. The van der Waals surface area contributed by atoms with Crippen LogP contribution in [-0.4, -0.2) is 49.3 Å². The van der Waals surface area contributed by atoms with Crippen LogP contribution in [0.15, 0.2) is 0 Å². The molecule has 80 valence electrons. The summed E-state index contributed by atoms with van der Waals surface area (Å²) in [4.78, 5) is 23.7. The Morgan fingerprint density at radius 2 is 2.50 bits per heavy atom. The minimum atomic E-state index is -0.797. The van der Waals surface area contributed by atoms with Gasteiger partial charge in [0.15, 0.2) is 0 Å². The van der Waals surface area contributed by atoms with Gasteiger partial charge in [-0.15, -0.1) is 0 Å². The van der Waals surface area contributed by atoms with Gasteiger partial charge in [-0.25, -0.2) is 9.59 Å². The number of carbonyl (C=O) groups is 2. The number of nitrogens with two attached hydrogens (primary N) is 1. The van der Waals surface area contributed by atoms with Crippen LogP contribution in [0.1, 0.15) is 6.92 Å². The number of nitrogens with zero attached hydrogens (tertiary/aromatic N) is 1. The summed E-state index contributed by atoms with van der Waals surface area (Å²) in [5.41, 5.74) is 5.29. The lowest BCUT2D eigenvalue weighted by molar-refractivity contribution is -0.151. The molecule has 1 rings (SSSR count). The molecule has 6 heteroatoms. The summed E-state index contributed by atoms with van der Waals surface area (Å²) < 4.78 is 9.52. The van der Waals surface area contributed by atoms with E-state index in [1.807, 2.05) is 0 Å². The number of carbonyl (C=O) groups excluding carboxylic acids is 2. The van der Waals surface area contributed by atoms with Crippen LogP contribution in [0.5, 0.6) is 0 Å². The smallest absolute Gasteiger partial charge is 0.410 e. The predicted octanol–water partition coefficient (Wildman–Crippen LogP) is -0.671. The standard InChI is InChI=1S/C8H14N2O4/c1-2-13-7(11)6-5-10(4-3-9)8(12)14-6/h6H,2-5,9H2,1H3. The highest BCUT2D eigenvalue weighted by Gasteiger charge is 2.36. The molecule has 0 aromatic carbocycles. The fourth-order valence-corrected chi connectivity index (χ4v) is 1.20. The summed E-state index contributed by atoms with van der Waals surface area (Å²) in [5.74, 6) is -0.500. The minimum absolute atomic E-state index is 0.231. The molecule has 1 fully saturated rings. The van der Waals surface area contributed by atoms with Crippen molar-refractivity contribution in [3.63, 3.8) is 0 Å². The van der Waals surface area contributed by atoms with Crippen molar-refractivity contribution in [3.05, 3.63) is 0 Å². The quantitative estimate of drug-likeness (QED) is 0.611. The van der Waals surface area contributed by atoms with Crippen LogP contribution in [0.25, 0.3) is 0 Å². The maximum Gasteiger partial charge on any atom is 0.410 e. The molecule has 0 aromatic rings.